The van der Waals surface area contributed by atoms with Gasteiger partial charge in [-0.25, -0.2) is 0 Å². The van der Waals surface area contributed by atoms with Gasteiger partial charge in [-0.1, -0.05) is 41.9 Å². The van der Waals surface area contributed by atoms with Crippen LogP contribution in [-0.4, -0.2) is 62.1 Å². The predicted octanol–water partition coefficient (Wildman–Crippen LogP) is 3.55. The number of piperazine rings is 1. The molecular weight excluding hydrogens is 409 g/mol. The van der Waals surface area contributed by atoms with Gasteiger partial charge < -0.3 is 15.0 Å². The number of hydrogen-bond donors (Lipinski definition) is 1. The summed E-state index contributed by atoms with van der Waals surface area (Å²) in [7, 11) is 2.14. The Morgan fingerprint density at radius 1 is 1.10 bits per heavy atom. The van der Waals surface area contributed by atoms with Crippen molar-refractivity contribution in [2.24, 2.45) is 0 Å². The van der Waals surface area contributed by atoms with Gasteiger partial charge in [0.25, 0.3) is 5.91 Å². The van der Waals surface area contributed by atoms with E-state index >= 15 is 0 Å². The van der Waals surface area contributed by atoms with E-state index in [1.165, 1.54) is 0 Å². The van der Waals surface area contributed by atoms with Gasteiger partial charge in [0.15, 0.2) is 6.61 Å². The molecule has 2 aromatic carbocycles. The number of rotatable bonds is 7. The second-order valence-corrected chi connectivity index (χ2v) is 7.70. The number of ether oxygens (including phenoxy) is 1. The zero-order chi connectivity index (χ0) is 19.9. The maximum Gasteiger partial charge on any atom is 0.258 e. The molecular formula is C22H29Cl2N3O2. The fourth-order valence-corrected chi connectivity index (χ4v) is 3.53. The van der Waals surface area contributed by atoms with Gasteiger partial charge in [0.1, 0.15) is 5.75 Å². The first-order chi connectivity index (χ1) is 13.5. The lowest BCUT2D eigenvalue weighted by molar-refractivity contribution is -0.123. The minimum Gasteiger partial charge on any atom is -0.484 e. The molecule has 158 valence electrons. The topological polar surface area (TPSA) is 44.8 Å². The Labute approximate surface area is 184 Å². The van der Waals surface area contributed by atoms with Crippen molar-refractivity contribution in [3.8, 4) is 5.75 Å². The Morgan fingerprint density at radius 3 is 2.41 bits per heavy atom. The molecule has 1 atom stereocenters. The number of nitrogens with zero attached hydrogens (tertiary/aromatic N) is 2. The Bertz CT molecular complexity index is 778. The summed E-state index contributed by atoms with van der Waals surface area (Å²) in [5.74, 6) is 0.627. The molecule has 0 aromatic heterocycles. The summed E-state index contributed by atoms with van der Waals surface area (Å²) in [6, 6.07) is 15.7. The van der Waals surface area contributed by atoms with Gasteiger partial charge >= 0.3 is 0 Å². The highest BCUT2D eigenvalue weighted by Gasteiger charge is 2.24. The van der Waals surface area contributed by atoms with Gasteiger partial charge in [-0.15, -0.1) is 12.4 Å². The van der Waals surface area contributed by atoms with Crippen molar-refractivity contribution >= 4 is 29.9 Å². The number of nitrogens with one attached hydrogen (secondary N) is 1. The van der Waals surface area contributed by atoms with E-state index in [1.54, 1.807) is 0 Å². The first kappa shape index (κ1) is 23.5. The highest BCUT2D eigenvalue weighted by Crippen LogP contribution is 2.23. The molecule has 0 radical (unpaired) electrons. The molecule has 1 unspecified atom stereocenters. The molecule has 1 aliphatic rings. The van der Waals surface area contributed by atoms with Crippen LogP contribution in [-0.2, 0) is 4.79 Å². The van der Waals surface area contributed by atoms with Crippen LogP contribution in [0.25, 0.3) is 0 Å². The van der Waals surface area contributed by atoms with Gasteiger partial charge in [-0.2, -0.15) is 0 Å². The monoisotopic (exact) mass is 437 g/mol. The minimum atomic E-state index is -0.114. The van der Waals surface area contributed by atoms with Crippen LogP contribution in [0.15, 0.2) is 48.5 Å². The van der Waals surface area contributed by atoms with Crippen LogP contribution in [0.1, 0.15) is 17.2 Å². The maximum atomic E-state index is 12.4. The van der Waals surface area contributed by atoms with Crippen LogP contribution in [0, 0.1) is 6.92 Å². The number of amides is 1. The summed E-state index contributed by atoms with van der Waals surface area (Å²) in [4.78, 5) is 17.1. The third-order valence-electron chi connectivity index (χ3n) is 5.18. The van der Waals surface area contributed by atoms with Gasteiger partial charge in [-0.05, 0) is 43.3 Å². The van der Waals surface area contributed by atoms with E-state index in [1.807, 2.05) is 55.5 Å². The fourth-order valence-electron chi connectivity index (χ4n) is 3.40. The average Bonchev–Trinajstić information content (AvgIpc) is 2.70. The summed E-state index contributed by atoms with van der Waals surface area (Å²) in [5, 5.41) is 3.76. The minimum absolute atomic E-state index is 0. The summed E-state index contributed by atoms with van der Waals surface area (Å²) in [6.45, 7) is 6.51. The number of para-hydroxylation sites is 1. The summed E-state index contributed by atoms with van der Waals surface area (Å²) in [5.41, 5.74) is 2.18. The fraction of sp³-hybridized carbons (Fsp3) is 0.409. The van der Waals surface area contributed by atoms with Crippen molar-refractivity contribution in [3.05, 3.63) is 64.7 Å². The molecule has 0 aliphatic carbocycles. The van der Waals surface area contributed by atoms with E-state index in [2.05, 4.69) is 22.2 Å². The van der Waals surface area contributed by atoms with Crippen LogP contribution < -0.4 is 10.1 Å². The molecule has 1 saturated heterocycles. The van der Waals surface area contributed by atoms with Crippen LogP contribution in [0.2, 0.25) is 5.02 Å². The Hall–Kier alpha value is -1.79. The summed E-state index contributed by atoms with van der Waals surface area (Å²) >= 11 is 6.05. The SMILES string of the molecule is Cc1ccccc1OCC(=O)NCC(c1ccc(Cl)cc1)N1CCN(C)CC1.Cl. The van der Waals surface area contributed by atoms with Gasteiger partial charge in [0, 0.05) is 37.7 Å². The van der Waals surface area contributed by atoms with Gasteiger partial charge in [-0.3, -0.25) is 9.69 Å². The molecule has 7 heteroatoms. The molecule has 3 rings (SSSR count). The normalized spacial score (nSPS) is 16.0. The highest BCUT2D eigenvalue weighted by molar-refractivity contribution is 6.30. The largest absolute Gasteiger partial charge is 0.484 e. The lowest BCUT2D eigenvalue weighted by Gasteiger charge is -2.38. The molecule has 2 aromatic rings. The zero-order valence-electron chi connectivity index (χ0n) is 16.9. The van der Waals surface area contributed by atoms with Crippen molar-refractivity contribution in [2.75, 3.05) is 46.4 Å². The van der Waals surface area contributed by atoms with Crippen LogP contribution in [0.3, 0.4) is 0 Å². The number of hydrogen-bond acceptors (Lipinski definition) is 4. The number of benzene rings is 2. The summed E-state index contributed by atoms with van der Waals surface area (Å²) < 4.78 is 5.66. The van der Waals surface area contributed by atoms with Crippen LogP contribution in [0.5, 0.6) is 5.75 Å². The molecule has 29 heavy (non-hydrogen) atoms. The molecule has 1 heterocycles. The molecule has 1 amide bonds. The lowest BCUT2D eigenvalue weighted by Crippen LogP contribution is -2.48. The third-order valence-corrected chi connectivity index (χ3v) is 5.43. The molecule has 1 N–H and O–H groups in total. The smallest absolute Gasteiger partial charge is 0.258 e. The van der Waals surface area contributed by atoms with Crippen molar-refractivity contribution < 1.29 is 9.53 Å². The van der Waals surface area contributed by atoms with Gasteiger partial charge in [0.2, 0.25) is 0 Å². The quantitative estimate of drug-likeness (QED) is 0.718. The van der Waals surface area contributed by atoms with Crippen molar-refractivity contribution in [2.45, 2.75) is 13.0 Å². The van der Waals surface area contributed by atoms with E-state index in [4.69, 9.17) is 16.3 Å². The molecule has 0 saturated carbocycles. The van der Waals surface area contributed by atoms with Crippen molar-refractivity contribution in [1.82, 2.24) is 15.1 Å². The standard InChI is InChI=1S/C22H28ClN3O2.ClH/c1-17-5-3-4-6-21(17)28-16-22(27)24-15-20(18-7-9-19(23)10-8-18)26-13-11-25(2)12-14-26;/h3-10,20H,11-16H2,1-2H3,(H,24,27);1H. The first-order valence-electron chi connectivity index (χ1n) is 9.66. The number of halogens is 2. The van der Waals surface area contributed by atoms with Crippen molar-refractivity contribution in [3.63, 3.8) is 0 Å². The van der Waals surface area contributed by atoms with Gasteiger partial charge in [0.05, 0.1) is 6.04 Å². The molecule has 0 spiro atoms. The number of carbonyl (C=O) groups is 1. The maximum absolute atomic E-state index is 12.4. The van der Waals surface area contributed by atoms with E-state index in [0.29, 0.717) is 6.54 Å². The zero-order valence-corrected chi connectivity index (χ0v) is 18.5. The Balaban J connectivity index is 0.00000300. The Morgan fingerprint density at radius 2 is 1.76 bits per heavy atom. The van der Waals surface area contributed by atoms with E-state index < -0.39 is 0 Å². The third kappa shape index (κ3) is 6.89. The lowest BCUT2D eigenvalue weighted by atomic mass is 10.0. The van der Waals surface area contributed by atoms with Crippen LogP contribution in [0.4, 0.5) is 0 Å². The van der Waals surface area contributed by atoms with E-state index in [9.17, 15) is 4.79 Å². The Kier molecular flexibility index (Phi) is 9.24. The van der Waals surface area contributed by atoms with Crippen LogP contribution >= 0.6 is 24.0 Å². The molecule has 1 aliphatic heterocycles. The average molecular weight is 438 g/mol. The number of likely N-dealkylation sites (N-methyl/N-ethyl adjacent to an activating group) is 1. The second kappa shape index (κ2) is 11.4. The van der Waals surface area contributed by atoms with E-state index in [0.717, 1.165) is 48.1 Å². The van der Waals surface area contributed by atoms with E-state index in [-0.39, 0.29) is 31.0 Å². The number of aryl methyl sites for hydroxylation is 1. The predicted molar refractivity (Wildman–Crippen MR) is 120 cm³/mol. The second-order valence-electron chi connectivity index (χ2n) is 7.26. The molecule has 0 bridgehead atoms. The van der Waals surface area contributed by atoms with Crippen molar-refractivity contribution in [1.29, 1.82) is 0 Å². The first-order valence-corrected chi connectivity index (χ1v) is 10.0. The molecule has 1 fully saturated rings. The summed E-state index contributed by atoms with van der Waals surface area (Å²) in [6.07, 6.45) is 0. The molecule has 5 nitrogen and oxygen atoms in total. The highest BCUT2D eigenvalue weighted by atomic mass is 35.5. The number of carbonyl (C=O) groups excluding carboxylic acids is 1.